The van der Waals surface area contributed by atoms with Crippen LogP contribution in [0.25, 0.3) is 0 Å². The average molecular weight is 211 g/mol. The molecule has 0 aromatic heterocycles. The summed E-state index contributed by atoms with van der Waals surface area (Å²) < 4.78 is 5.26. The first-order valence-corrected chi connectivity index (χ1v) is 6.06. The van der Waals surface area contributed by atoms with Gasteiger partial charge in [0, 0.05) is 11.6 Å². The Kier molecular flexibility index (Phi) is 4.84. The summed E-state index contributed by atoms with van der Waals surface area (Å²) in [5.41, 5.74) is 7.17. The van der Waals surface area contributed by atoms with Crippen molar-refractivity contribution in [1.82, 2.24) is 0 Å². The molecule has 1 rings (SSSR count). The van der Waals surface area contributed by atoms with E-state index in [-0.39, 0.29) is 6.04 Å². The first-order chi connectivity index (χ1) is 6.79. The van der Waals surface area contributed by atoms with Crippen molar-refractivity contribution in [1.29, 1.82) is 0 Å². The molecule has 2 N–H and O–H groups in total. The van der Waals surface area contributed by atoms with Crippen molar-refractivity contribution in [2.24, 2.45) is 5.73 Å². The van der Waals surface area contributed by atoms with Gasteiger partial charge in [-0.05, 0) is 24.5 Å². The van der Waals surface area contributed by atoms with E-state index >= 15 is 0 Å². The third-order valence-electron chi connectivity index (χ3n) is 2.17. The lowest BCUT2D eigenvalue weighted by atomic mass is 10.0. The van der Waals surface area contributed by atoms with Crippen LogP contribution in [-0.2, 0) is 0 Å². The van der Waals surface area contributed by atoms with E-state index in [0.717, 1.165) is 23.5 Å². The van der Waals surface area contributed by atoms with Crippen molar-refractivity contribution >= 4 is 11.8 Å². The van der Waals surface area contributed by atoms with Gasteiger partial charge in [-0.1, -0.05) is 18.2 Å². The molecule has 0 radical (unpaired) electrons. The van der Waals surface area contributed by atoms with Gasteiger partial charge >= 0.3 is 0 Å². The van der Waals surface area contributed by atoms with Gasteiger partial charge in [0.25, 0.3) is 0 Å². The lowest BCUT2D eigenvalue weighted by Crippen LogP contribution is -2.12. The number of hydrogen-bond donors (Lipinski definition) is 1. The maximum absolute atomic E-state index is 6.06. The van der Waals surface area contributed by atoms with Gasteiger partial charge in [0.05, 0.1) is 7.11 Å². The molecule has 0 spiro atoms. The quantitative estimate of drug-likeness (QED) is 0.812. The minimum absolute atomic E-state index is 0.0820. The predicted molar refractivity (Wildman–Crippen MR) is 62.9 cm³/mol. The molecule has 0 aliphatic carbocycles. The maximum atomic E-state index is 6.06. The predicted octanol–water partition coefficient (Wildman–Crippen LogP) is 2.45. The molecular weight excluding hydrogens is 194 g/mol. The van der Waals surface area contributed by atoms with Crippen LogP contribution in [0.4, 0.5) is 0 Å². The van der Waals surface area contributed by atoms with Gasteiger partial charge in [-0.2, -0.15) is 11.8 Å². The highest BCUT2D eigenvalue weighted by molar-refractivity contribution is 7.98. The van der Waals surface area contributed by atoms with Crippen molar-refractivity contribution in [2.75, 3.05) is 19.1 Å². The van der Waals surface area contributed by atoms with Crippen LogP contribution in [0.15, 0.2) is 24.3 Å². The Hall–Kier alpha value is -0.670. The Morgan fingerprint density at radius 1 is 1.43 bits per heavy atom. The molecule has 0 aliphatic heterocycles. The molecule has 3 heteroatoms. The van der Waals surface area contributed by atoms with Crippen LogP contribution < -0.4 is 10.5 Å². The standard InChI is InChI=1S/C11H17NOS/c1-13-11-6-4-3-5-9(11)10(12)7-8-14-2/h3-6,10H,7-8,12H2,1-2H3. The van der Waals surface area contributed by atoms with E-state index in [0.29, 0.717) is 0 Å². The Bertz CT molecular complexity index is 278. The van der Waals surface area contributed by atoms with Crippen LogP contribution in [0.1, 0.15) is 18.0 Å². The number of thioether (sulfide) groups is 1. The molecule has 1 aromatic carbocycles. The van der Waals surface area contributed by atoms with Gasteiger partial charge in [0.2, 0.25) is 0 Å². The van der Waals surface area contributed by atoms with E-state index < -0.39 is 0 Å². The van der Waals surface area contributed by atoms with Gasteiger partial charge in [0.15, 0.2) is 0 Å². The zero-order valence-electron chi connectivity index (χ0n) is 8.69. The Labute approximate surface area is 89.8 Å². The number of methoxy groups -OCH3 is 1. The molecule has 1 aromatic rings. The highest BCUT2D eigenvalue weighted by Gasteiger charge is 2.09. The van der Waals surface area contributed by atoms with E-state index in [2.05, 4.69) is 6.26 Å². The summed E-state index contributed by atoms with van der Waals surface area (Å²) in [6.07, 6.45) is 3.08. The second-order valence-corrected chi connectivity index (χ2v) is 4.12. The minimum Gasteiger partial charge on any atom is -0.496 e. The number of benzene rings is 1. The van der Waals surface area contributed by atoms with Gasteiger partial charge < -0.3 is 10.5 Å². The maximum Gasteiger partial charge on any atom is 0.123 e. The van der Waals surface area contributed by atoms with E-state index in [1.54, 1.807) is 7.11 Å². The summed E-state index contributed by atoms with van der Waals surface area (Å²) in [7, 11) is 1.68. The first-order valence-electron chi connectivity index (χ1n) is 4.67. The molecule has 0 aliphatic rings. The average Bonchev–Trinajstić information content (AvgIpc) is 2.25. The summed E-state index contributed by atoms with van der Waals surface area (Å²) in [6, 6.07) is 8.03. The molecular formula is C11H17NOS. The number of hydrogen-bond acceptors (Lipinski definition) is 3. The fraction of sp³-hybridized carbons (Fsp3) is 0.455. The highest BCUT2D eigenvalue weighted by Crippen LogP contribution is 2.25. The van der Waals surface area contributed by atoms with Gasteiger partial charge in [0.1, 0.15) is 5.75 Å². The van der Waals surface area contributed by atoms with Crippen molar-refractivity contribution in [3.05, 3.63) is 29.8 Å². The van der Waals surface area contributed by atoms with Crippen LogP contribution in [0, 0.1) is 0 Å². The second-order valence-electron chi connectivity index (χ2n) is 3.13. The number of nitrogens with two attached hydrogens (primary N) is 1. The molecule has 14 heavy (non-hydrogen) atoms. The monoisotopic (exact) mass is 211 g/mol. The lowest BCUT2D eigenvalue weighted by molar-refractivity contribution is 0.405. The topological polar surface area (TPSA) is 35.2 Å². The molecule has 1 unspecified atom stereocenters. The fourth-order valence-corrected chi connectivity index (χ4v) is 1.86. The largest absolute Gasteiger partial charge is 0.496 e. The lowest BCUT2D eigenvalue weighted by Gasteiger charge is -2.14. The van der Waals surface area contributed by atoms with Crippen molar-refractivity contribution in [2.45, 2.75) is 12.5 Å². The summed E-state index contributed by atoms with van der Waals surface area (Å²) in [4.78, 5) is 0. The van der Waals surface area contributed by atoms with Gasteiger partial charge in [-0.15, -0.1) is 0 Å². The number of rotatable bonds is 5. The van der Waals surface area contributed by atoms with Crippen LogP contribution in [0.5, 0.6) is 5.75 Å². The minimum atomic E-state index is 0.0820. The molecule has 0 saturated carbocycles. The highest BCUT2D eigenvalue weighted by atomic mass is 32.2. The molecule has 0 saturated heterocycles. The summed E-state index contributed by atoms with van der Waals surface area (Å²) in [5.74, 6) is 1.97. The van der Waals surface area contributed by atoms with Crippen LogP contribution in [0.3, 0.4) is 0 Å². The van der Waals surface area contributed by atoms with E-state index in [9.17, 15) is 0 Å². The van der Waals surface area contributed by atoms with Crippen molar-refractivity contribution < 1.29 is 4.74 Å². The normalized spacial score (nSPS) is 12.5. The Morgan fingerprint density at radius 3 is 2.79 bits per heavy atom. The zero-order valence-corrected chi connectivity index (χ0v) is 9.51. The van der Waals surface area contributed by atoms with E-state index in [1.165, 1.54) is 0 Å². The molecule has 0 amide bonds. The van der Waals surface area contributed by atoms with Crippen LogP contribution in [0.2, 0.25) is 0 Å². The molecule has 0 fully saturated rings. The van der Waals surface area contributed by atoms with Crippen LogP contribution >= 0.6 is 11.8 Å². The third-order valence-corrected chi connectivity index (χ3v) is 2.82. The zero-order chi connectivity index (χ0) is 10.4. The Balaban J connectivity index is 2.72. The van der Waals surface area contributed by atoms with Crippen LogP contribution in [-0.4, -0.2) is 19.1 Å². The Morgan fingerprint density at radius 2 is 2.14 bits per heavy atom. The molecule has 2 nitrogen and oxygen atoms in total. The van der Waals surface area contributed by atoms with E-state index in [1.807, 2.05) is 36.0 Å². The summed E-state index contributed by atoms with van der Waals surface area (Å²) in [5, 5.41) is 0. The SMILES string of the molecule is COc1ccccc1C(N)CCSC. The second kappa shape index (κ2) is 5.94. The smallest absolute Gasteiger partial charge is 0.123 e. The van der Waals surface area contributed by atoms with E-state index in [4.69, 9.17) is 10.5 Å². The fourth-order valence-electron chi connectivity index (χ4n) is 1.37. The number of ether oxygens (including phenoxy) is 1. The molecule has 0 bridgehead atoms. The first kappa shape index (κ1) is 11.4. The summed E-state index contributed by atoms with van der Waals surface area (Å²) in [6.45, 7) is 0. The van der Waals surface area contributed by atoms with Crippen molar-refractivity contribution in [3.63, 3.8) is 0 Å². The molecule has 1 atom stereocenters. The summed E-state index contributed by atoms with van der Waals surface area (Å²) >= 11 is 1.82. The molecule has 0 heterocycles. The van der Waals surface area contributed by atoms with Crippen molar-refractivity contribution in [3.8, 4) is 5.75 Å². The molecule has 78 valence electrons. The third kappa shape index (κ3) is 2.93. The van der Waals surface area contributed by atoms with Gasteiger partial charge in [-0.25, -0.2) is 0 Å². The number of para-hydroxylation sites is 1. The van der Waals surface area contributed by atoms with Gasteiger partial charge in [-0.3, -0.25) is 0 Å².